The highest BCUT2D eigenvalue weighted by Gasteiger charge is 2.11. The average Bonchev–Trinajstić information content (AvgIpc) is 3.05. The standard InChI is InChI=1S/C23H22N2O/c26-17-20-12-10-19(11-13-20)16-23-24-21-8-4-5-9-22(21)25(23)15-14-18-6-2-1-3-7-18/h2,4-13,17H,1,3,14-16H2. The molecule has 1 aliphatic rings. The molecule has 0 saturated heterocycles. The Balaban J connectivity index is 1.63. The van der Waals surface area contributed by atoms with E-state index >= 15 is 0 Å². The predicted octanol–water partition coefficient (Wildman–Crippen LogP) is 5.11. The van der Waals surface area contributed by atoms with Crippen LogP contribution in [0.5, 0.6) is 0 Å². The molecule has 130 valence electrons. The summed E-state index contributed by atoms with van der Waals surface area (Å²) in [7, 11) is 0. The minimum absolute atomic E-state index is 0.707. The summed E-state index contributed by atoms with van der Waals surface area (Å²) < 4.78 is 2.34. The van der Waals surface area contributed by atoms with Gasteiger partial charge in [0.2, 0.25) is 0 Å². The third-order valence-corrected chi connectivity index (χ3v) is 4.91. The first kappa shape index (κ1) is 16.5. The van der Waals surface area contributed by atoms with E-state index in [9.17, 15) is 4.79 Å². The SMILES string of the molecule is O=Cc1ccc(Cc2nc3ccccc3n2CCC2=CCCC=C2)cc1. The maximum absolute atomic E-state index is 10.9. The number of aldehydes is 1. The van der Waals surface area contributed by atoms with Gasteiger partial charge in [0, 0.05) is 18.5 Å². The third-order valence-electron chi connectivity index (χ3n) is 4.91. The van der Waals surface area contributed by atoms with Gasteiger partial charge in [-0.3, -0.25) is 4.79 Å². The van der Waals surface area contributed by atoms with E-state index < -0.39 is 0 Å². The molecule has 0 fully saturated rings. The molecule has 1 aliphatic carbocycles. The van der Waals surface area contributed by atoms with Crippen LogP contribution in [0, 0.1) is 0 Å². The van der Waals surface area contributed by atoms with Gasteiger partial charge in [0.15, 0.2) is 0 Å². The summed E-state index contributed by atoms with van der Waals surface area (Å²) in [6, 6.07) is 16.1. The van der Waals surface area contributed by atoms with E-state index in [1.54, 1.807) is 0 Å². The van der Waals surface area contributed by atoms with Crippen molar-refractivity contribution >= 4 is 17.3 Å². The van der Waals surface area contributed by atoms with E-state index in [0.717, 1.165) is 49.9 Å². The zero-order valence-electron chi connectivity index (χ0n) is 14.8. The van der Waals surface area contributed by atoms with Crippen molar-refractivity contribution in [2.75, 3.05) is 0 Å². The molecule has 0 N–H and O–H groups in total. The lowest BCUT2D eigenvalue weighted by Crippen LogP contribution is -2.06. The van der Waals surface area contributed by atoms with E-state index in [1.807, 2.05) is 30.3 Å². The number of carbonyl (C=O) groups is 1. The maximum Gasteiger partial charge on any atom is 0.150 e. The minimum atomic E-state index is 0.707. The fourth-order valence-electron chi connectivity index (χ4n) is 3.50. The van der Waals surface area contributed by atoms with E-state index in [2.05, 4.69) is 41.0 Å². The van der Waals surface area contributed by atoms with E-state index in [-0.39, 0.29) is 0 Å². The van der Waals surface area contributed by atoms with Gasteiger partial charge < -0.3 is 4.57 Å². The first-order chi connectivity index (χ1) is 12.8. The quantitative estimate of drug-likeness (QED) is 0.584. The Morgan fingerprint density at radius 1 is 1.04 bits per heavy atom. The van der Waals surface area contributed by atoms with E-state index in [4.69, 9.17) is 4.98 Å². The van der Waals surface area contributed by atoms with Crippen LogP contribution < -0.4 is 0 Å². The number of allylic oxidation sites excluding steroid dienone is 4. The van der Waals surface area contributed by atoms with Crippen LogP contribution >= 0.6 is 0 Å². The average molecular weight is 342 g/mol. The first-order valence-electron chi connectivity index (χ1n) is 9.17. The third kappa shape index (κ3) is 3.52. The Hall–Kier alpha value is -2.94. The number of benzene rings is 2. The number of imidazole rings is 1. The first-order valence-corrected chi connectivity index (χ1v) is 9.17. The van der Waals surface area contributed by atoms with E-state index in [1.165, 1.54) is 16.7 Å². The van der Waals surface area contributed by atoms with Gasteiger partial charge in [0.1, 0.15) is 12.1 Å². The fourth-order valence-corrected chi connectivity index (χ4v) is 3.50. The second-order valence-electron chi connectivity index (χ2n) is 6.71. The van der Waals surface area contributed by atoms with Crippen LogP contribution in [-0.4, -0.2) is 15.8 Å². The Morgan fingerprint density at radius 3 is 2.65 bits per heavy atom. The molecule has 3 heteroatoms. The summed E-state index contributed by atoms with van der Waals surface area (Å²) in [6.07, 6.45) is 11.8. The topological polar surface area (TPSA) is 34.9 Å². The molecular formula is C23H22N2O. The smallest absolute Gasteiger partial charge is 0.150 e. The van der Waals surface area contributed by atoms with Crippen molar-refractivity contribution in [1.82, 2.24) is 9.55 Å². The van der Waals surface area contributed by atoms with Gasteiger partial charge in [0.25, 0.3) is 0 Å². The molecule has 0 aliphatic heterocycles. The Labute approximate surface area is 153 Å². The molecule has 3 aromatic rings. The number of fused-ring (bicyclic) bond motifs is 1. The summed E-state index contributed by atoms with van der Waals surface area (Å²) >= 11 is 0. The normalized spacial score (nSPS) is 13.8. The largest absolute Gasteiger partial charge is 0.327 e. The summed E-state index contributed by atoms with van der Waals surface area (Å²) in [5.41, 5.74) is 5.52. The molecule has 2 aromatic carbocycles. The van der Waals surface area contributed by atoms with Crippen LogP contribution in [0.1, 0.15) is 41.0 Å². The van der Waals surface area contributed by atoms with Crippen molar-refractivity contribution < 1.29 is 4.79 Å². The lowest BCUT2D eigenvalue weighted by atomic mass is 10.0. The van der Waals surface area contributed by atoms with Crippen LogP contribution in [0.4, 0.5) is 0 Å². The lowest BCUT2D eigenvalue weighted by molar-refractivity contribution is 0.112. The van der Waals surface area contributed by atoms with Crippen LogP contribution in [0.25, 0.3) is 11.0 Å². The molecule has 0 spiro atoms. The number of carbonyl (C=O) groups excluding carboxylic acids is 1. The fraction of sp³-hybridized carbons (Fsp3) is 0.217. The zero-order chi connectivity index (χ0) is 17.8. The monoisotopic (exact) mass is 342 g/mol. The number of hydrogen-bond donors (Lipinski definition) is 0. The van der Waals surface area contributed by atoms with Gasteiger partial charge in [-0.05, 0) is 37.0 Å². The van der Waals surface area contributed by atoms with Crippen LogP contribution in [0.15, 0.2) is 72.3 Å². The number of aryl methyl sites for hydroxylation is 1. The molecule has 0 unspecified atom stereocenters. The summed E-state index contributed by atoms with van der Waals surface area (Å²) in [6.45, 7) is 0.929. The predicted molar refractivity (Wildman–Crippen MR) is 105 cm³/mol. The Bertz CT molecular complexity index is 977. The minimum Gasteiger partial charge on any atom is -0.327 e. The highest BCUT2D eigenvalue weighted by molar-refractivity contribution is 5.76. The highest BCUT2D eigenvalue weighted by atomic mass is 16.1. The molecule has 0 radical (unpaired) electrons. The molecule has 3 nitrogen and oxygen atoms in total. The lowest BCUT2D eigenvalue weighted by Gasteiger charge is -2.12. The molecular weight excluding hydrogens is 320 g/mol. The molecule has 4 rings (SSSR count). The van der Waals surface area contributed by atoms with Crippen molar-refractivity contribution in [2.24, 2.45) is 0 Å². The van der Waals surface area contributed by atoms with Crippen molar-refractivity contribution in [3.05, 3.63) is 89.3 Å². The number of para-hydroxylation sites is 2. The van der Waals surface area contributed by atoms with Gasteiger partial charge in [-0.1, -0.05) is 60.2 Å². The Morgan fingerprint density at radius 2 is 1.88 bits per heavy atom. The summed E-state index contributed by atoms with van der Waals surface area (Å²) in [5, 5.41) is 0. The molecule has 0 bridgehead atoms. The molecule has 0 atom stereocenters. The van der Waals surface area contributed by atoms with Crippen molar-refractivity contribution in [3.63, 3.8) is 0 Å². The number of nitrogens with zero attached hydrogens (tertiary/aromatic N) is 2. The molecule has 1 heterocycles. The highest BCUT2D eigenvalue weighted by Crippen LogP contribution is 2.21. The van der Waals surface area contributed by atoms with Gasteiger partial charge in [-0.15, -0.1) is 0 Å². The molecule has 0 amide bonds. The van der Waals surface area contributed by atoms with E-state index in [0.29, 0.717) is 5.56 Å². The molecule has 0 saturated carbocycles. The van der Waals surface area contributed by atoms with Crippen molar-refractivity contribution in [3.8, 4) is 0 Å². The zero-order valence-corrected chi connectivity index (χ0v) is 14.8. The van der Waals surface area contributed by atoms with Gasteiger partial charge in [-0.25, -0.2) is 4.98 Å². The number of hydrogen-bond acceptors (Lipinski definition) is 2. The molecule has 1 aromatic heterocycles. The van der Waals surface area contributed by atoms with Crippen LogP contribution in [0.2, 0.25) is 0 Å². The van der Waals surface area contributed by atoms with Gasteiger partial charge in [0.05, 0.1) is 11.0 Å². The van der Waals surface area contributed by atoms with Gasteiger partial charge in [-0.2, -0.15) is 0 Å². The summed E-state index contributed by atoms with van der Waals surface area (Å²) in [5.74, 6) is 1.07. The second kappa shape index (κ2) is 7.52. The summed E-state index contributed by atoms with van der Waals surface area (Å²) in [4.78, 5) is 15.7. The Kier molecular flexibility index (Phi) is 4.78. The van der Waals surface area contributed by atoms with Crippen LogP contribution in [-0.2, 0) is 13.0 Å². The van der Waals surface area contributed by atoms with Crippen molar-refractivity contribution in [2.45, 2.75) is 32.2 Å². The van der Waals surface area contributed by atoms with Crippen LogP contribution in [0.3, 0.4) is 0 Å². The van der Waals surface area contributed by atoms with Gasteiger partial charge >= 0.3 is 0 Å². The number of aromatic nitrogens is 2. The maximum atomic E-state index is 10.9. The number of rotatable bonds is 6. The molecule has 26 heavy (non-hydrogen) atoms. The second-order valence-corrected chi connectivity index (χ2v) is 6.71. The van der Waals surface area contributed by atoms with Crippen molar-refractivity contribution in [1.29, 1.82) is 0 Å².